The van der Waals surface area contributed by atoms with E-state index in [2.05, 4.69) is 38.2 Å². The number of ether oxygens (including phenoxy) is 2. The second-order valence-corrected chi connectivity index (χ2v) is 12.3. The number of carbonyl (C=O) groups excluding carboxylic acids is 2. The maximum absolute atomic E-state index is 12.1. The second kappa shape index (κ2) is 34.9. The molecule has 1 unspecified atom stereocenters. The number of esters is 2. The van der Waals surface area contributed by atoms with Gasteiger partial charge in [-0.2, -0.15) is 0 Å². The van der Waals surface area contributed by atoms with Crippen LogP contribution >= 0.6 is 0 Å². The van der Waals surface area contributed by atoms with E-state index in [9.17, 15) is 14.7 Å². The van der Waals surface area contributed by atoms with Gasteiger partial charge >= 0.3 is 11.9 Å². The molecule has 1 atom stereocenters. The summed E-state index contributed by atoms with van der Waals surface area (Å²) in [5.74, 6) is -0.596. The smallest absolute Gasteiger partial charge is 0.306 e. The summed E-state index contributed by atoms with van der Waals surface area (Å²) in [6, 6.07) is 0. The summed E-state index contributed by atoms with van der Waals surface area (Å²) in [6.45, 7) is 4.10. The lowest BCUT2D eigenvalue weighted by atomic mass is 10.0. The second-order valence-electron chi connectivity index (χ2n) is 12.3. The largest absolute Gasteiger partial charge is 0.462 e. The highest BCUT2D eigenvalue weighted by molar-refractivity contribution is 5.70. The van der Waals surface area contributed by atoms with E-state index in [1.165, 1.54) is 109 Å². The van der Waals surface area contributed by atoms with E-state index in [-0.39, 0.29) is 25.2 Å². The summed E-state index contributed by atoms with van der Waals surface area (Å²) >= 11 is 0. The molecule has 0 amide bonds. The Morgan fingerprint density at radius 1 is 0.535 bits per heavy atom. The lowest BCUT2D eigenvalue weighted by Crippen LogP contribution is -2.28. The van der Waals surface area contributed by atoms with Gasteiger partial charge in [0, 0.05) is 12.8 Å². The Labute approximate surface area is 266 Å². The Balaban J connectivity index is 3.57. The molecule has 0 spiro atoms. The molecular weight excluding hydrogens is 536 g/mol. The number of hydrogen-bond acceptors (Lipinski definition) is 5. The zero-order valence-electron chi connectivity index (χ0n) is 28.5. The number of aliphatic hydroxyl groups excluding tert-OH is 1. The van der Waals surface area contributed by atoms with Gasteiger partial charge in [-0.1, -0.05) is 154 Å². The summed E-state index contributed by atoms with van der Waals surface area (Å²) in [6.07, 6.45) is 39.4. The van der Waals surface area contributed by atoms with E-state index in [4.69, 9.17) is 9.47 Å². The van der Waals surface area contributed by atoms with Crippen LogP contribution in [0.25, 0.3) is 0 Å². The standard InChI is InChI=1S/C38H70O5/c1-3-5-7-9-11-13-15-17-18-19-20-21-23-25-27-29-31-33-38(41)43-36(34-39)35-42-37(40)32-30-28-26-24-22-16-14-12-10-8-6-4-2/h11,13,17-18,36,39H,3-10,12,14-16,19-35H2,1-2H3. The van der Waals surface area contributed by atoms with Crippen molar-refractivity contribution in [3.05, 3.63) is 24.3 Å². The van der Waals surface area contributed by atoms with Gasteiger partial charge in [-0.15, -0.1) is 0 Å². The normalized spacial score (nSPS) is 12.3. The predicted molar refractivity (Wildman–Crippen MR) is 182 cm³/mol. The molecule has 0 bridgehead atoms. The molecule has 5 heteroatoms. The topological polar surface area (TPSA) is 72.8 Å². The molecule has 43 heavy (non-hydrogen) atoms. The van der Waals surface area contributed by atoms with Crippen molar-refractivity contribution in [3.8, 4) is 0 Å². The third-order valence-electron chi connectivity index (χ3n) is 8.00. The summed E-state index contributed by atoms with van der Waals surface area (Å²) in [5.41, 5.74) is 0. The first-order valence-electron chi connectivity index (χ1n) is 18.4. The number of carbonyl (C=O) groups is 2. The summed E-state index contributed by atoms with van der Waals surface area (Å²) in [4.78, 5) is 24.2. The lowest BCUT2D eigenvalue weighted by Gasteiger charge is -2.15. The van der Waals surface area contributed by atoms with Crippen molar-refractivity contribution in [3.63, 3.8) is 0 Å². The molecule has 0 aliphatic rings. The number of hydrogen-bond donors (Lipinski definition) is 1. The molecule has 0 aromatic heterocycles. The van der Waals surface area contributed by atoms with Crippen LogP contribution in [0.3, 0.4) is 0 Å². The van der Waals surface area contributed by atoms with Gasteiger partial charge in [0.2, 0.25) is 0 Å². The van der Waals surface area contributed by atoms with Crippen molar-refractivity contribution < 1.29 is 24.2 Å². The van der Waals surface area contributed by atoms with Crippen LogP contribution in [-0.2, 0) is 19.1 Å². The van der Waals surface area contributed by atoms with Gasteiger partial charge in [0.05, 0.1) is 6.61 Å². The van der Waals surface area contributed by atoms with E-state index >= 15 is 0 Å². The summed E-state index contributed by atoms with van der Waals surface area (Å²) < 4.78 is 10.6. The molecule has 0 aliphatic carbocycles. The van der Waals surface area contributed by atoms with Gasteiger partial charge in [-0.25, -0.2) is 0 Å². The van der Waals surface area contributed by atoms with Gasteiger partial charge in [0.15, 0.2) is 6.10 Å². The van der Waals surface area contributed by atoms with E-state index < -0.39 is 6.10 Å². The highest BCUT2D eigenvalue weighted by atomic mass is 16.6. The minimum absolute atomic E-state index is 0.0652. The Morgan fingerprint density at radius 2 is 0.930 bits per heavy atom. The van der Waals surface area contributed by atoms with Crippen LogP contribution in [0.4, 0.5) is 0 Å². The third-order valence-corrected chi connectivity index (χ3v) is 8.00. The molecule has 0 saturated heterocycles. The van der Waals surface area contributed by atoms with E-state index in [0.29, 0.717) is 12.8 Å². The average Bonchev–Trinajstić information content (AvgIpc) is 3.01. The Morgan fingerprint density at radius 3 is 1.42 bits per heavy atom. The first-order chi connectivity index (χ1) is 21.1. The molecule has 252 valence electrons. The van der Waals surface area contributed by atoms with Gasteiger partial charge in [0.1, 0.15) is 6.61 Å². The Hall–Kier alpha value is -1.62. The van der Waals surface area contributed by atoms with Crippen LogP contribution in [0.1, 0.15) is 187 Å². The molecule has 0 heterocycles. The van der Waals surface area contributed by atoms with Crippen molar-refractivity contribution in [1.29, 1.82) is 0 Å². The number of unbranched alkanes of at least 4 members (excludes halogenated alkanes) is 21. The fourth-order valence-corrected chi connectivity index (χ4v) is 5.17. The van der Waals surface area contributed by atoms with Crippen LogP contribution in [0.15, 0.2) is 24.3 Å². The highest BCUT2D eigenvalue weighted by Gasteiger charge is 2.16. The molecule has 0 fully saturated rings. The van der Waals surface area contributed by atoms with Gasteiger partial charge in [-0.05, 0) is 44.9 Å². The first-order valence-corrected chi connectivity index (χ1v) is 18.4. The minimum Gasteiger partial charge on any atom is -0.462 e. The summed E-state index contributed by atoms with van der Waals surface area (Å²) in [7, 11) is 0. The summed E-state index contributed by atoms with van der Waals surface area (Å²) in [5, 5.41) is 9.52. The van der Waals surface area contributed by atoms with E-state index in [1.54, 1.807) is 0 Å². The Bertz CT molecular complexity index is 657. The van der Waals surface area contributed by atoms with Crippen molar-refractivity contribution in [1.82, 2.24) is 0 Å². The fraction of sp³-hybridized carbons (Fsp3) is 0.842. The molecule has 5 nitrogen and oxygen atoms in total. The predicted octanol–water partition coefficient (Wildman–Crippen LogP) is 11.1. The Kier molecular flexibility index (Phi) is 33.6. The molecule has 0 aromatic carbocycles. The SMILES string of the molecule is CCCCCC=CCC=CCCCCCCCCCC(=O)OC(CO)COC(=O)CCCCCCCCCCCCCC. The maximum atomic E-state index is 12.1. The number of aliphatic hydroxyl groups is 1. The minimum atomic E-state index is -0.769. The molecule has 0 aliphatic heterocycles. The molecular formula is C38H70O5. The molecule has 0 saturated carbocycles. The molecule has 0 aromatic rings. The van der Waals surface area contributed by atoms with Gasteiger partial charge in [0.25, 0.3) is 0 Å². The third kappa shape index (κ3) is 33.1. The van der Waals surface area contributed by atoms with Gasteiger partial charge in [-0.3, -0.25) is 9.59 Å². The van der Waals surface area contributed by atoms with Crippen molar-refractivity contribution in [2.75, 3.05) is 13.2 Å². The lowest BCUT2D eigenvalue weighted by molar-refractivity contribution is -0.161. The zero-order chi connectivity index (χ0) is 31.5. The van der Waals surface area contributed by atoms with Crippen molar-refractivity contribution >= 4 is 11.9 Å². The van der Waals surface area contributed by atoms with Crippen LogP contribution in [-0.4, -0.2) is 36.4 Å². The van der Waals surface area contributed by atoms with E-state index in [1.807, 2.05) is 0 Å². The van der Waals surface area contributed by atoms with Crippen LogP contribution < -0.4 is 0 Å². The van der Waals surface area contributed by atoms with Crippen LogP contribution in [0.2, 0.25) is 0 Å². The maximum Gasteiger partial charge on any atom is 0.306 e. The fourth-order valence-electron chi connectivity index (χ4n) is 5.17. The van der Waals surface area contributed by atoms with Crippen molar-refractivity contribution in [2.45, 2.75) is 193 Å². The van der Waals surface area contributed by atoms with E-state index in [0.717, 1.165) is 51.4 Å². The zero-order valence-corrected chi connectivity index (χ0v) is 28.5. The average molecular weight is 607 g/mol. The molecule has 0 radical (unpaired) electrons. The number of rotatable bonds is 33. The quantitative estimate of drug-likeness (QED) is 0.0457. The number of allylic oxidation sites excluding steroid dienone is 4. The highest BCUT2D eigenvalue weighted by Crippen LogP contribution is 2.14. The van der Waals surface area contributed by atoms with Crippen LogP contribution in [0, 0.1) is 0 Å². The first kappa shape index (κ1) is 41.4. The van der Waals surface area contributed by atoms with Crippen molar-refractivity contribution in [2.24, 2.45) is 0 Å². The van der Waals surface area contributed by atoms with Crippen LogP contribution in [0.5, 0.6) is 0 Å². The molecule has 0 rings (SSSR count). The monoisotopic (exact) mass is 607 g/mol. The van der Waals surface area contributed by atoms with Gasteiger partial charge < -0.3 is 14.6 Å². The molecule has 1 N–H and O–H groups in total.